The number of halogens is 1. The van der Waals surface area contributed by atoms with Gasteiger partial charge in [0.05, 0.1) is 0 Å². The minimum Gasteiger partial charge on any atom is -0.493 e. The summed E-state index contributed by atoms with van der Waals surface area (Å²) in [5.41, 5.74) is 0.0140. The second kappa shape index (κ2) is 6.37. The molecule has 1 N–H and O–H groups in total. The highest BCUT2D eigenvalue weighted by molar-refractivity contribution is 6.31. The van der Waals surface area contributed by atoms with Crippen LogP contribution in [0.2, 0.25) is 5.15 Å². The van der Waals surface area contributed by atoms with Gasteiger partial charge < -0.3 is 5.11 Å². The average Bonchev–Trinajstić information content (AvgIpc) is 2.49. The molecule has 0 fully saturated rings. The third kappa shape index (κ3) is 2.69. The minimum atomic E-state index is -0.528. The number of nitrogens with zero attached hydrogens (tertiary/aromatic N) is 5. The Labute approximate surface area is 131 Å². The van der Waals surface area contributed by atoms with Crippen LogP contribution in [0.15, 0.2) is 33.4 Å². The number of hydrogen-bond donors (Lipinski definition) is 1. The molecule has 0 unspecified atom stereocenters. The Morgan fingerprint density at radius 3 is 2.82 bits per heavy atom. The van der Waals surface area contributed by atoms with E-state index in [-0.39, 0.29) is 34.4 Å². The maximum Gasteiger partial charge on any atom is 0.281 e. The molecule has 0 saturated carbocycles. The van der Waals surface area contributed by atoms with Gasteiger partial charge in [-0.1, -0.05) is 11.6 Å². The van der Waals surface area contributed by atoms with Gasteiger partial charge in [0, 0.05) is 18.3 Å². The molecule has 2 aromatic heterocycles. The molecule has 0 aliphatic rings. The van der Waals surface area contributed by atoms with Crippen LogP contribution >= 0.6 is 11.6 Å². The summed E-state index contributed by atoms with van der Waals surface area (Å²) in [7, 11) is 0. The summed E-state index contributed by atoms with van der Waals surface area (Å²) in [4.78, 5) is 16.2. The topological polar surface area (TPSA) is 104 Å². The van der Waals surface area contributed by atoms with Gasteiger partial charge in [0.2, 0.25) is 5.88 Å². The van der Waals surface area contributed by atoms with Crippen molar-refractivity contribution >= 4 is 23.0 Å². The van der Waals surface area contributed by atoms with Gasteiger partial charge in [0.15, 0.2) is 10.8 Å². The Morgan fingerprint density at radius 2 is 2.23 bits per heavy atom. The van der Waals surface area contributed by atoms with Crippen molar-refractivity contribution in [2.75, 3.05) is 0 Å². The third-order valence-corrected chi connectivity index (χ3v) is 3.37. The van der Waals surface area contributed by atoms with Crippen molar-refractivity contribution in [3.05, 3.63) is 45.0 Å². The molecule has 2 rings (SSSR count). The van der Waals surface area contributed by atoms with E-state index in [1.807, 2.05) is 6.07 Å². The molecule has 112 valence electrons. The van der Waals surface area contributed by atoms with Crippen LogP contribution in [0.1, 0.15) is 18.1 Å². The summed E-state index contributed by atoms with van der Waals surface area (Å²) >= 11 is 5.87. The minimum absolute atomic E-state index is 0.00677. The van der Waals surface area contributed by atoms with Crippen LogP contribution in [-0.2, 0) is 6.54 Å². The lowest BCUT2D eigenvalue weighted by Crippen LogP contribution is -2.20. The van der Waals surface area contributed by atoms with Gasteiger partial charge in [-0.3, -0.25) is 9.36 Å². The highest BCUT2D eigenvalue weighted by Gasteiger charge is 2.18. The number of aromatic nitrogens is 2. The van der Waals surface area contributed by atoms with Crippen LogP contribution in [-0.4, -0.2) is 14.7 Å². The van der Waals surface area contributed by atoms with Gasteiger partial charge in [0.1, 0.15) is 17.3 Å². The van der Waals surface area contributed by atoms with Crippen molar-refractivity contribution in [1.82, 2.24) is 9.55 Å². The van der Waals surface area contributed by atoms with Crippen LogP contribution in [0, 0.1) is 18.3 Å². The van der Waals surface area contributed by atoms with E-state index in [2.05, 4.69) is 15.2 Å². The number of aromatic hydroxyl groups is 1. The zero-order chi connectivity index (χ0) is 16.3. The van der Waals surface area contributed by atoms with E-state index >= 15 is 0 Å². The predicted octanol–water partition coefficient (Wildman–Crippen LogP) is 3.22. The number of nitriles is 1. The van der Waals surface area contributed by atoms with E-state index in [9.17, 15) is 9.90 Å². The smallest absolute Gasteiger partial charge is 0.281 e. The van der Waals surface area contributed by atoms with Crippen LogP contribution < -0.4 is 5.56 Å². The largest absolute Gasteiger partial charge is 0.493 e. The summed E-state index contributed by atoms with van der Waals surface area (Å²) in [5.74, 6) is -0.370. The molecule has 8 heteroatoms. The summed E-state index contributed by atoms with van der Waals surface area (Å²) in [5, 5.41) is 27.0. The molecule has 0 spiro atoms. The van der Waals surface area contributed by atoms with Crippen molar-refractivity contribution in [2.45, 2.75) is 20.4 Å². The van der Waals surface area contributed by atoms with Gasteiger partial charge in [-0.25, -0.2) is 4.98 Å². The molecule has 0 aliphatic carbocycles. The standard InChI is InChI=1S/C14H12ClN5O2/c1-3-20-13(21)9(7-16)8(2)11(14(20)22)19-18-10-5-4-6-17-12(10)15/h4-6,21H,3H2,1-2H3. The van der Waals surface area contributed by atoms with Gasteiger partial charge in [-0.2, -0.15) is 5.26 Å². The quantitative estimate of drug-likeness (QED) is 0.693. The van der Waals surface area contributed by atoms with Crippen LogP contribution in [0.3, 0.4) is 0 Å². The van der Waals surface area contributed by atoms with E-state index in [1.54, 1.807) is 19.1 Å². The summed E-state index contributed by atoms with van der Waals surface area (Å²) in [6, 6.07) is 5.09. The lowest BCUT2D eigenvalue weighted by Gasteiger charge is -2.10. The van der Waals surface area contributed by atoms with Gasteiger partial charge in [-0.05, 0) is 26.0 Å². The first-order valence-corrected chi connectivity index (χ1v) is 6.77. The lowest BCUT2D eigenvalue weighted by molar-refractivity contribution is 0.409. The van der Waals surface area contributed by atoms with E-state index in [4.69, 9.17) is 16.9 Å². The van der Waals surface area contributed by atoms with Crippen LogP contribution in [0.5, 0.6) is 5.88 Å². The number of hydrogen-bond acceptors (Lipinski definition) is 6. The molecule has 0 atom stereocenters. The summed E-state index contributed by atoms with van der Waals surface area (Å²) < 4.78 is 1.06. The molecule has 0 bridgehead atoms. The van der Waals surface area contributed by atoms with Crippen molar-refractivity contribution in [1.29, 1.82) is 5.26 Å². The van der Waals surface area contributed by atoms with E-state index in [1.165, 1.54) is 13.1 Å². The zero-order valence-corrected chi connectivity index (χ0v) is 12.7. The van der Waals surface area contributed by atoms with Gasteiger partial charge in [-0.15, -0.1) is 10.2 Å². The zero-order valence-electron chi connectivity index (χ0n) is 11.9. The first-order valence-electron chi connectivity index (χ1n) is 6.40. The van der Waals surface area contributed by atoms with Crippen molar-refractivity contribution in [2.24, 2.45) is 10.2 Å². The van der Waals surface area contributed by atoms with E-state index in [0.29, 0.717) is 5.69 Å². The first-order chi connectivity index (χ1) is 10.5. The molecule has 2 aromatic rings. The monoisotopic (exact) mass is 317 g/mol. The summed E-state index contributed by atoms with van der Waals surface area (Å²) in [6.07, 6.45) is 1.50. The Bertz CT molecular complexity index is 852. The fourth-order valence-corrected chi connectivity index (χ4v) is 2.06. The Hall–Kier alpha value is -2.72. The third-order valence-electron chi connectivity index (χ3n) is 3.08. The molecule has 2 heterocycles. The highest BCUT2D eigenvalue weighted by atomic mass is 35.5. The Morgan fingerprint density at radius 1 is 1.50 bits per heavy atom. The molecular weight excluding hydrogens is 306 g/mol. The van der Waals surface area contributed by atoms with Gasteiger partial charge in [0.25, 0.3) is 5.56 Å². The SMILES string of the molecule is CCn1c(O)c(C#N)c(C)c(N=Nc2cccnc2Cl)c1=O. The second-order valence-corrected chi connectivity index (χ2v) is 4.70. The highest BCUT2D eigenvalue weighted by Crippen LogP contribution is 2.28. The van der Waals surface area contributed by atoms with Crippen molar-refractivity contribution < 1.29 is 5.11 Å². The predicted molar refractivity (Wildman–Crippen MR) is 80.9 cm³/mol. The first kappa shape index (κ1) is 15.7. The molecule has 0 aliphatic heterocycles. The Kier molecular flexibility index (Phi) is 4.53. The van der Waals surface area contributed by atoms with E-state index in [0.717, 1.165) is 4.57 Å². The Balaban J connectivity index is 2.64. The van der Waals surface area contributed by atoms with Crippen molar-refractivity contribution in [3.63, 3.8) is 0 Å². The number of pyridine rings is 2. The van der Waals surface area contributed by atoms with E-state index < -0.39 is 5.56 Å². The molecule has 22 heavy (non-hydrogen) atoms. The molecule has 0 radical (unpaired) electrons. The molecule has 7 nitrogen and oxygen atoms in total. The number of rotatable bonds is 3. The van der Waals surface area contributed by atoms with Crippen LogP contribution in [0.25, 0.3) is 0 Å². The fraction of sp³-hybridized carbons (Fsp3) is 0.214. The normalized spacial score (nSPS) is 10.8. The fourth-order valence-electron chi connectivity index (χ4n) is 1.91. The average molecular weight is 318 g/mol. The van der Waals surface area contributed by atoms with Crippen molar-refractivity contribution in [3.8, 4) is 11.9 Å². The maximum atomic E-state index is 12.3. The second-order valence-electron chi connectivity index (χ2n) is 4.35. The van der Waals surface area contributed by atoms with Crippen LogP contribution in [0.4, 0.5) is 11.4 Å². The number of azo groups is 1. The lowest BCUT2D eigenvalue weighted by atomic mass is 10.1. The molecule has 0 aromatic carbocycles. The maximum absolute atomic E-state index is 12.3. The summed E-state index contributed by atoms with van der Waals surface area (Å²) in [6.45, 7) is 3.41. The molecule has 0 amide bonds. The molecular formula is C14H12ClN5O2. The molecule has 0 saturated heterocycles. The van der Waals surface area contributed by atoms with Gasteiger partial charge >= 0.3 is 0 Å².